The van der Waals surface area contributed by atoms with E-state index in [9.17, 15) is 4.79 Å². The lowest BCUT2D eigenvalue weighted by atomic mass is 10.1. The Morgan fingerprint density at radius 3 is 2.44 bits per heavy atom. The molecule has 1 atom stereocenters. The van der Waals surface area contributed by atoms with Crippen LogP contribution in [0.15, 0.2) is 42.5 Å². The van der Waals surface area contributed by atoms with Crippen molar-refractivity contribution in [3.63, 3.8) is 0 Å². The van der Waals surface area contributed by atoms with Gasteiger partial charge in [-0.15, -0.1) is 0 Å². The average molecular weight is 371 g/mol. The monoisotopic (exact) mass is 371 g/mol. The number of carbonyl (C=O) groups is 1. The molecule has 0 spiro atoms. The molecule has 1 amide bonds. The van der Waals surface area contributed by atoms with Gasteiger partial charge in [-0.2, -0.15) is 0 Å². The Balaban J connectivity index is 1.97. The van der Waals surface area contributed by atoms with Crippen molar-refractivity contribution in [3.8, 4) is 17.2 Å². The van der Waals surface area contributed by atoms with Gasteiger partial charge in [0.1, 0.15) is 5.75 Å². The number of nitrogens with one attached hydrogen (secondary N) is 1. The minimum atomic E-state index is -0.176. The molecule has 0 aliphatic heterocycles. The highest BCUT2D eigenvalue weighted by Crippen LogP contribution is 2.31. The van der Waals surface area contributed by atoms with Crippen molar-refractivity contribution in [1.82, 2.24) is 5.32 Å². The SMILES string of the molecule is CCc1ccccc1OCC(=O)NC(C)c1ccc(OC(C)C)c(OC)c1. The molecule has 0 radical (unpaired) electrons. The fraction of sp³-hybridized carbons (Fsp3) is 0.409. The molecule has 0 aliphatic carbocycles. The summed E-state index contributed by atoms with van der Waals surface area (Å²) >= 11 is 0. The quantitative estimate of drug-likeness (QED) is 0.714. The van der Waals surface area contributed by atoms with E-state index < -0.39 is 0 Å². The second-order valence-corrected chi connectivity index (χ2v) is 6.62. The van der Waals surface area contributed by atoms with Crippen molar-refractivity contribution in [1.29, 1.82) is 0 Å². The molecule has 0 bridgehead atoms. The van der Waals surface area contributed by atoms with E-state index in [1.54, 1.807) is 7.11 Å². The summed E-state index contributed by atoms with van der Waals surface area (Å²) in [6.07, 6.45) is 0.920. The van der Waals surface area contributed by atoms with Crippen LogP contribution in [0.3, 0.4) is 0 Å². The third-order valence-corrected chi connectivity index (χ3v) is 4.14. The van der Waals surface area contributed by atoms with Crippen molar-refractivity contribution >= 4 is 5.91 Å². The maximum atomic E-state index is 12.3. The molecule has 0 heterocycles. The van der Waals surface area contributed by atoms with Crippen molar-refractivity contribution in [3.05, 3.63) is 53.6 Å². The summed E-state index contributed by atoms with van der Waals surface area (Å²) < 4.78 is 16.8. The normalized spacial score (nSPS) is 11.8. The zero-order valence-corrected chi connectivity index (χ0v) is 16.7. The molecule has 1 unspecified atom stereocenters. The maximum Gasteiger partial charge on any atom is 0.258 e. The van der Waals surface area contributed by atoms with E-state index in [-0.39, 0.29) is 24.7 Å². The zero-order valence-electron chi connectivity index (χ0n) is 16.7. The van der Waals surface area contributed by atoms with Crippen molar-refractivity contribution in [2.24, 2.45) is 0 Å². The lowest BCUT2D eigenvalue weighted by Gasteiger charge is -2.18. The number of hydrogen-bond acceptors (Lipinski definition) is 4. The molecule has 1 N–H and O–H groups in total. The van der Waals surface area contributed by atoms with Gasteiger partial charge in [-0.1, -0.05) is 31.2 Å². The summed E-state index contributed by atoms with van der Waals surface area (Å²) in [7, 11) is 1.61. The Hall–Kier alpha value is -2.69. The first-order valence-corrected chi connectivity index (χ1v) is 9.29. The molecule has 0 fully saturated rings. The minimum absolute atomic E-state index is 0.0208. The second kappa shape index (κ2) is 9.86. The number of hydrogen-bond donors (Lipinski definition) is 1. The number of para-hydroxylation sites is 1. The fourth-order valence-corrected chi connectivity index (χ4v) is 2.75. The van der Waals surface area contributed by atoms with Crippen LogP contribution in [0.5, 0.6) is 17.2 Å². The van der Waals surface area contributed by atoms with Crippen LogP contribution in [0.25, 0.3) is 0 Å². The summed E-state index contributed by atoms with van der Waals surface area (Å²) in [6, 6.07) is 13.3. The molecule has 2 rings (SSSR count). The predicted octanol–water partition coefficient (Wildman–Crippen LogP) is 4.30. The van der Waals surface area contributed by atoms with Gasteiger partial charge in [-0.25, -0.2) is 0 Å². The first-order chi connectivity index (χ1) is 12.9. The van der Waals surface area contributed by atoms with Crippen LogP contribution in [0, 0.1) is 0 Å². The van der Waals surface area contributed by atoms with Crippen LogP contribution in [0.2, 0.25) is 0 Å². The number of aryl methyl sites for hydroxylation is 1. The number of rotatable bonds is 9. The van der Waals surface area contributed by atoms with Gasteiger partial charge >= 0.3 is 0 Å². The van der Waals surface area contributed by atoms with E-state index in [1.807, 2.05) is 63.2 Å². The Labute approximate surface area is 161 Å². The first kappa shape index (κ1) is 20.6. The van der Waals surface area contributed by atoms with E-state index in [4.69, 9.17) is 14.2 Å². The Morgan fingerprint density at radius 1 is 1.04 bits per heavy atom. The third kappa shape index (κ3) is 5.91. The molecule has 2 aromatic carbocycles. The Kier molecular flexibility index (Phi) is 7.53. The Bertz CT molecular complexity index is 758. The van der Waals surface area contributed by atoms with Crippen LogP contribution < -0.4 is 19.5 Å². The molecule has 0 aromatic heterocycles. The first-order valence-electron chi connectivity index (χ1n) is 9.29. The number of benzene rings is 2. The highest BCUT2D eigenvalue weighted by Gasteiger charge is 2.14. The van der Waals surface area contributed by atoms with Gasteiger partial charge in [0.2, 0.25) is 0 Å². The summed E-state index contributed by atoms with van der Waals surface area (Å²) in [4.78, 5) is 12.3. The van der Waals surface area contributed by atoms with E-state index >= 15 is 0 Å². The predicted molar refractivity (Wildman–Crippen MR) is 107 cm³/mol. The topological polar surface area (TPSA) is 56.8 Å². The summed E-state index contributed by atoms with van der Waals surface area (Å²) in [5.74, 6) is 1.92. The number of carbonyl (C=O) groups excluding carboxylic acids is 1. The van der Waals surface area contributed by atoms with Gasteiger partial charge in [-0.05, 0) is 56.5 Å². The lowest BCUT2D eigenvalue weighted by molar-refractivity contribution is -0.123. The van der Waals surface area contributed by atoms with E-state index in [2.05, 4.69) is 12.2 Å². The highest BCUT2D eigenvalue weighted by molar-refractivity contribution is 5.78. The van der Waals surface area contributed by atoms with Crippen LogP contribution >= 0.6 is 0 Å². The molecular formula is C22H29NO4. The molecular weight excluding hydrogens is 342 g/mol. The van der Waals surface area contributed by atoms with Gasteiger partial charge < -0.3 is 19.5 Å². The fourth-order valence-electron chi connectivity index (χ4n) is 2.75. The van der Waals surface area contributed by atoms with Crippen molar-refractivity contribution < 1.29 is 19.0 Å². The van der Waals surface area contributed by atoms with Crippen LogP contribution in [0.4, 0.5) is 0 Å². The molecule has 0 saturated carbocycles. The van der Waals surface area contributed by atoms with Crippen molar-refractivity contribution in [2.75, 3.05) is 13.7 Å². The second-order valence-electron chi connectivity index (χ2n) is 6.62. The van der Waals surface area contributed by atoms with Crippen LogP contribution in [-0.2, 0) is 11.2 Å². The molecule has 27 heavy (non-hydrogen) atoms. The molecule has 2 aromatic rings. The summed E-state index contributed by atoms with van der Waals surface area (Å²) in [5.41, 5.74) is 2.02. The summed E-state index contributed by atoms with van der Waals surface area (Å²) in [6.45, 7) is 7.90. The Morgan fingerprint density at radius 2 is 1.78 bits per heavy atom. The standard InChI is InChI=1S/C22H29NO4/c1-6-17-9-7-8-10-19(17)26-14-22(24)23-16(4)18-11-12-20(27-15(2)3)21(13-18)25-5/h7-13,15-16H,6,14H2,1-5H3,(H,23,24). The molecule has 5 heteroatoms. The van der Waals surface area contributed by atoms with E-state index in [0.29, 0.717) is 11.5 Å². The van der Waals surface area contributed by atoms with Crippen LogP contribution in [-0.4, -0.2) is 25.7 Å². The number of ether oxygens (including phenoxy) is 3. The van der Waals surface area contributed by atoms with Gasteiger partial charge in [0.05, 0.1) is 19.3 Å². The molecule has 146 valence electrons. The van der Waals surface area contributed by atoms with Gasteiger partial charge in [0.15, 0.2) is 18.1 Å². The molecule has 0 aliphatic rings. The zero-order chi connectivity index (χ0) is 19.8. The number of methoxy groups -OCH3 is 1. The van der Waals surface area contributed by atoms with Crippen molar-refractivity contribution in [2.45, 2.75) is 46.3 Å². The minimum Gasteiger partial charge on any atom is -0.493 e. The van der Waals surface area contributed by atoms with Gasteiger partial charge in [0.25, 0.3) is 5.91 Å². The smallest absolute Gasteiger partial charge is 0.258 e. The molecule has 5 nitrogen and oxygen atoms in total. The van der Waals surface area contributed by atoms with Crippen LogP contribution in [0.1, 0.15) is 44.9 Å². The summed E-state index contributed by atoms with van der Waals surface area (Å²) in [5, 5.41) is 2.96. The largest absolute Gasteiger partial charge is 0.493 e. The highest BCUT2D eigenvalue weighted by atomic mass is 16.5. The lowest BCUT2D eigenvalue weighted by Crippen LogP contribution is -2.31. The number of amides is 1. The molecule has 0 saturated heterocycles. The average Bonchev–Trinajstić information content (AvgIpc) is 2.66. The van der Waals surface area contributed by atoms with E-state index in [0.717, 1.165) is 23.3 Å². The van der Waals surface area contributed by atoms with Gasteiger partial charge in [0, 0.05) is 0 Å². The maximum absolute atomic E-state index is 12.3. The third-order valence-electron chi connectivity index (χ3n) is 4.14. The van der Waals surface area contributed by atoms with E-state index in [1.165, 1.54) is 0 Å². The van der Waals surface area contributed by atoms with Gasteiger partial charge in [-0.3, -0.25) is 4.79 Å².